The van der Waals surface area contributed by atoms with Crippen LogP contribution < -0.4 is 10.1 Å². The summed E-state index contributed by atoms with van der Waals surface area (Å²) in [5.74, 6) is -0.502. The number of benzene rings is 2. The molecule has 0 aliphatic carbocycles. The molecule has 0 aliphatic heterocycles. The van der Waals surface area contributed by atoms with Gasteiger partial charge in [0, 0.05) is 16.2 Å². The van der Waals surface area contributed by atoms with Crippen LogP contribution in [0.4, 0.5) is 10.1 Å². The van der Waals surface area contributed by atoms with Crippen LogP contribution in [-0.2, 0) is 4.79 Å². The third kappa shape index (κ3) is 4.44. The second-order valence-corrected chi connectivity index (χ2v) is 5.69. The minimum atomic E-state index is -0.529. The van der Waals surface area contributed by atoms with Crippen molar-refractivity contribution < 1.29 is 13.9 Å². The molecule has 0 atom stereocenters. The third-order valence-corrected chi connectivity index (χ3v) is 3.52. The van der Waals surface area contributed by atoms with Crippen LogP contribution in [0.15, 0.2) is 40.9 Å². The standard InChI is InChI=1S/C15H12BrClFNO2/c1-9-2-3-10(16)6-14(9)19-15(20)8-21-11-4-5-13(18)12(17)7-11/h2-7H,8H2,1H3,(H,19,20). The van der Waals surface area contributed by atoms with Crippen LogP contribution in [0.2, 0.25) is 5.02 Å². The van der Waals surface area contributed by atoms with Crippen LogP contribution in [0.3, 0.4) is 0 Å². The Morgan fingerprint density at radius 3 is 2.81 bits per heavy atom. The summed E-state index contributed by atoms with van der Waals surface area (Å²) in [4.78, 5) is 11.8. The van der Waals surface area contributed by atoms with E-state index in [0.29, 0.717) is 11.4 Å². The predicted molar refractivity (Wildman–Crippen MR) is 84.4 cm³/mol. The van der Waals surface area contributed by atoms with E-state index in [2.05, 4.69) is 21.2 Å². The molecule has 2 aromatic carbocycles. The Morgan fingerprint density at radius 2 is 2.10 bits per heavy atom. The maximum Gasteiger partial charge on any atom is 0.262 e. The number of halogens is 3. The maximum absolute atomic E-state index is 13.0. The number of amides is 1. The van der Waals surface area contributed by atoms with E-state index in [4.69, 9.17) is 16.3 Å². The molecule has 0 radical (unpaired) electrons. The number of hydrogen-bond donors (Lipinski definition) is 1. The molecular formula is C15H12BrClFNO2. The SMILES string of the molecule is Cc1ccc(Br)cc1NC(=O)COc1ccc(F)c(Cl)c1. The number of hydrogen-bond acceptors (Lipinski definition) is 2. The second kappa shape index (κ2) is 6.91. The summed E-state index contributed by atoms with van der Waals surface area (Å²) in [5.41, 5.74) is 1.64. The number of carbonyl (C=O) groups excluding carboxylic acids is 1. The Kier molecular flexibility index (Phi) is 5.20. The quantitative estimate of drug-likeness (QED) is 0.854. The van der Waals surface area contributed by atoms with Crippen molar-refractivity contribution in [2.75, 3.05) is 11.9 Å². The third-order valence-electron chi connectivity index (χ3n) is 2.73. The molecule has 0 saturated carbocycles. The zero-order chi connectivity index (χ0) is 15.4. The van der Waals surface area contributed by atoms with E-state index in [1.54, 1.807) is 0 Å². The molecule has 2 rings (SSSR count). The first-order chi connectivity index (χ1) is 9.95. The summed E-state index contributed by atoms with van der Waals surface area (Å²) in [5, 5.41) is 2.70. The summed E-state index contributed by atoms with van der Waals surface area (Å²) in [7, 11) is 0. The van der Waals surface area contributed by atoms with Crippen molar-refractivity contribution in [3.8, 4) is 5.75 Å². The predicted octanol–water partition coefficient (Wildman–Crippen LogP) is 4.57. The molecule has 110 valence electrons. The van der Waals surface area contributed by atoms with Crippen molar-refractivity contribution in [1.82, 2.24) is 0 Å². The van der Waals surface area contributed by atoms with E-state index >= 15 is 0 Å². The first-order valence-electron chi connectivity index (χ1n) is 6.09. The fourth-order valence-electron chi connectivity index (χ4n) is 1.63. The van der Waals surface area contributed by atoms with Crippen molar-refractivity contribution in [2.24, 2.45) is 0 Å². The van der Waals surface area contributed by atoms with Gasteiger partial charge in [-0.1, -0.05) is 33.6 Å². The number of nitrogens with one attached hydrogen (secondary N) is 1. The number of carbonyl (C=O) groups is 1. The molecular weight excluding hydrogens is 361 g/mol. The normalized spacial score (nSPS) is 10.3. The molecule has 0 saturated heterocycles. The molecule has 0 spiro atoms. The summed E-state index contributed by atoms with van der Waals surface area (Å²) in [6, 6.07) is 9.52. The average molecular weight is 373 g/mol. The fourth-order valence-corrected chi connectivity index (χ4v) is 2.16. The summed E-state index contributed by atoms with van der Waals surface area (Å²) >= 11 is 8.98. The van der Waals surface area contributed by atoms with Crippen LogP contribution in [0.25, 0.3) is 0 Å². The number of anilines is 1. The highest BCUT2D eigenvalue weighted by Gasteiger charge is 2.07. The van der Waals surface area contributed by atoms with Gasteiger partial charge in [0.2, 0.25) is 0 Å². The number of rotatable bonds is 4. The van der Waals surface area contributed by atoms with Gasteiger partial charge < -0.3 is 10.1 Å². The van der Waals surface area contributed by atoms with Crippen LogP contribution in [-0.4, -0.2) is 12.5 Å². The highest BCUT2D eigenvalue weighted by molar-refractivity contribution is 9.10. The summed E-state index contributed by atoms with van der Waals surface area (Å²) in [6.07, 6.45) is 0. The second-order valence-electron chi connectivity index (χ2n) is 4.37. The van der Waals surface area contributed by atoms with E-state index in [1.165, 1.54) is 18.2 Å². The zero-order valence-corrected chi connectivity index (χ0v) is 13.5. The van der Waals surface area contributed by atoms with Gasteiger partial charge in [0.15, 0.2) is 6.61 Å². The van der Waals surface area contributed by atoms with Gasteiger partial charge in [-0.15, -0.1) is 0 Å². The average Bonchev–Trinajstić information content (AvgIpc) is 2.44. The Hall–Kier alpha value is -1.59. The Balaban J connectivity index is 1.95. The van der Waals surface area contributed by atoms with E-state index < -0.39 is 5.82 Å². The lowest BCUT2D eigenvalue weighted by molar-refractivity contribution is -0.118. The van der Waals surface area contributed by atoms with Gasteiger partial charge in [0.25, 0.3) is 5.91 Å². The molecule has 0 fully saturated rings. The first-order valence-corrected chi connectivity index (χ1v) is 7.26. The Bertz CT molecular complexity index is 679. The van der Waals surface area contributed by atoms with Gasteiger partial charge >= 0.3 is 0 Å². The molecule has 0 aliphatic rings. The minimum Gasteiger partial charge on any atom is -0.484 e. The monoisotopic (exact) mass is 371 g/mol. The van der Waals surface area contributed by atoms with Crippen LogP contribution in [0.5, 0.6) is 5.75 Å². The summed E-state index contributed by atoms with van der Waals surface area (Å²) in [6.45, 7) is 1.70. The van der Waals surface area contributed by atoms with Gasteiger partial charge in [0.1, 0.15) is 11.6 Å². The molecule has 0 aromatic heterocycles. The molecule has 1 N–H and O–H groups in total. The van der Waals surface area contributed by atoms with Crippen molar-refractivity contribution in [1.29, 1.82) is 0 Å². The van der Waals surface area contributed by atoms with Crippen molar-refractivity contribution >= 4 is 39.1 Å². The van der Waals surface area contributed by atoms with Crippen molar-refractivity contribution in [3.05, 3.63) is 57.3 Å². The van der Waals surface area contributed by atoms with Crippen molar-refractivity contribution in [2.45, 2.75) is 6.92 Å². The number of ether oxygens (including phenoxy) is 1. The first kappa shape index (κ1) is 15.8. The number of aryl methyl sites for hydroxylation is 1. The van der Waals surface area contributed by atoms with Gasteiger partial charge in [-0.05, 0) is 36.8 Å². The highest BCUT2D eigenvalue weighted by atomic mass is 79.9. The van der Waals surface area contributed by atoms with Gasteiger partial charge in [-0.2, -0.15) is 0 Å². The molecule has 6 heteroatoms. The summed E-state index contributed by atoms with van der Waals surface area (Å²) < 4.78 is 19.1. The molecule has 0 bridgehead atoms. The Morgan fingerprint density at radius 1 is 1.33 bits per heavy atom. The van der Waals surface area contributed by atoms with E-state index in [-0.39, 0.29) is 17.5 Å². The van der Waals surface area contributed by atoms with E-state index in [0.717, 1.165) is 10.0 Å². The zero-order valence-electron chi connectivity index (χ0n) is 11.1. The fraction of sp³-hybridized carbons (Fsp3) is 0.133. The van der Waals surface area contributed by atoms with Crippen molar-refractivity contribution in [3.63, 3.8) is 0 Å². The lowest BCUT2D eigenvalue weighted by Gasteiger charge is -2.10. The molecule has 1 amide bonds. The molecule has 0 heterocycles. The van der Waals surface area contributed by atoms with Gasteiger partial charge in [0.05, 0.1) is 5.02 Å². The molecule has 0 unspecified atom stereocenters. The van der Waals surface area contributed by atoms with Gasteiger partial charge in [-0.25, -0.2) is 4.39 Å². The highest BCUT2D eigenvalue weighted by Crippen LogP contribution is 2.22. The van der Waals surface area contributed by atoms with E-state index in [1.807, 2.05) is 25.1 Å². The smallest absolute Gasteiger partial charge is 0.262 e. The van der Waals surface area contributed by atoms with Crippen LogP contribution >= 0.6 is 27.5 Å². The van der Waals surface area contributed by atoms with Crippen LogP contribution in [0, 0.1) is 12.7 Å². The van der Waals surface area contributed by atoms with E-state index in [9.17, 15) is 9.18 Å². The van der Waals surface area contributed by atoms with Crippen LogP contribution in [0.1, 0.15) is 5.56 Å². The lowest BCUT2D eigenvalue weighted by atomic mass is 10.2. The lowest BCUT2D eigenvalue weighted by Crippen LogP contribution is -2.20. The molecule has 3 nitrogen and oxygen atoms in total. The topological polar surface area (TPSA) is 38.3 Å². The van der Waals surface area contributed by atoms with Gasteiger partial charge in [-0.3, -0.25) is 4.79 Å². The molecule has 2 aromatic rings. The maximum atomic E-state index is 13.0. The molecule has 21 heavy (non-hydrogen) atoms. The largest absolute Gasteiger partial charge is 0.484 e. The minimum absolute atomic E-state index is 0.0456. The Labute approximate surface area is 135 Å².